The molecular weight excluding hydrogens is 526 g/mol. The lowest BCUT2D eigenvalue weighted by molar-refractivity contribution is -0.0220. The molecule has 9 heteroatoms. The number of nitrogens with one attached hydrogen (secondary N) is 1. The molecule has 2 aromatic rings. The van der Waals surface area contributed by atoms with Gasteiger partial charge in [-0.3, -0.25) is 9.69 Å². The molecule has 3 aliphatic rings. The summed E-state index contributed by atoms with van der Waals surface area (Å²) >= 11 is 0. The van der Waals surface area contributed by atoms with E-state index in [-0.39, 0.29) is 31.8 Å². The molecule has 0 atom stereocenters. The average molecular weight is 569 g/mol. The molecule has 2 heterocycles. The summed E-state index contributed by atoms with van der Waals surface area (Å²) in [5.41, 5.74) is 4.15. The molecule has 0 bridgehead atoms. The topological polar surface area (TPSA) is 65.1 Å². The number of hydrogen-bond donors (Lipinski definition) is 1. The summed E-state index contributed by atoms with van der Waals surface area (Å²) in [4.78, 5) is 32.1. The van der Waals surface area contributed by atoms with Gasteiger partial charge >= 0.3 is 6.09 Å². The summed E-state index contributed by atoms with van der Waals surface area (Å²) < 4.78 is 33.6. The Hall–Kier alpha value is -3.36. The fourth-order valence-electron chi connectivity index (χ4n) is 5.83. The molecule has 2 aromatic carbocycles. The SMILES string of the molecule is Cc1ccc(C(=O)Nc2ccc(N(C)C(=O)OC(C)(C)C)c(N3CCC(F)(F)CC3)c2)c(N2CCC3(CC2)CC3)c1. The van der Waals surface area contributed by atoms with Gasteiger partial charge in [0.15, 0.2) is 0 Å². The Morgan fingerprint density at radius 3 is 2.10 bits per heavy atom. The third-order valence-corrected chi connectivity index (χ3v) is 8.62. The highest BCUT2D eigenvalue weighted by Crippen LogP contribution is 2.54. The van der Waals surface area contributed by atoms with Crippen LogP contribution >= 0.6 is 0 Å². The van der Waals surface area contributed by atoms with Crippen molar-refractivity contribution in [2.75, 3.05) is 53.2 Å². The van der Waals surface area contributed by atoms with Crippen LogP contribution in [0, 0.1) is 12.3 Å². The zero-order valence-electron chi connectivity index (χ0n) is 24.9. The summed E-state index contributed by atoms with van der Waals surface area (Å²) in [6, 6.07) is 11.1. The Bertz CT molecular complexity index is 1300. The molecule has 1 N–H and O–H groups in total. The number of alkyl halides is 2. The van der Waals surface area contributed by atoms with Crippen molar-refractivity contribution in [1.82, 2.24) is 0 Å². The highest BCUT2D eigenvalue weighted by atomic mass is 19.3. The highest BCUT2D eigenvalue weighted by molar-refractivity contribution is 6.08. The van der Waals surface area contributed by atoms with E-state index in [1.807, 2.05) is 24.0 Å². The molecule has 222 valence electrons. The van der Waals surface area contributed by atoms with E-state index in [4.69, 9.17) is 4.74 Å². The average Bonchev–Trinajstić information content (AvgIpc) is 3.66. The standard InChI is InChI=1S/C32H42F2N4O3/c1-22-6-8-24(26(20-22)37-16-12-31(10-11-31)13-17-37)28(39)35-23-7-9-25(36(5)29(40)41-30(2,3)4)27(21-23)38-18-14-32(33,34)15-19-38/h6-9,20-21H,10-19H2,1-5H3,(H,35,39). The number of halogens is 2. The lowest BCUT2D eigenvalue weighted by atomic mass is 9.92. The summed E-state index contributed by atoms with van der Waals surface area (Å²) in [5, 5.41) is 3.04. The molecule has 0 aromatic heterocycles. The van der Waals surface area contributed by atoms with Crippen molar-refractivity contribution in [3.8, 4) is 0 Å². The Kier molecular flexibility index (Phi) is 7.68. The minimum atomic E-state index is -2.71. The number of benzene rings is 2. The van der Waals surface area contributed by atoms with Crippen LogP contribution in [0.3, 0.4) is 0 Å². The number of aryl methyl sites for hydroxylation is 1. The van der Waals surface area contributed by atoms with Gasteiger partial charge in [0, 0.05) is 57.4 Å². The van der Waals surface area contributed by atoms with Crippen LogP contribution in [-0.4, -0.2) is 56.8 Å². The van der Waals surface area contributed by atoms with E-state index in [0.717, 1.165) is 37.2 Å². The summed E-state index contributed by atoms with van der Waals surface area (Å²) in [7, 11) is 1.60. The third-order valence-electron chi connectivity index (χ3n) is 8.62. The predicted molar refractivity (Wildman–Crippen MR) is 160 cm³/mol. The molecule has 2 saturated heterocycles. The lowest BCUT2D eigenvalue weighted by Crippen LogP contribution is -2.41. The number of piperidine rings is 2. The van der Waals surface area contributed by atoms with Crippen molar-refractivity contribution in [2.45, 2.75) is 77.7 Å². The first-order chi connectivity index (χ1) is 19.2. The minimum absolute atomic E-state index is 0.137. The molecule has 0 radical (unpaired) electrons. The first-order valence-corrected chi connectivity index (χ1v) is 14.6. The van der Waals surface area contributed by atoms with Crippen LogP contribution in [-0.2, 0) is 4.74 Å². The summed E-state index contributed by atoms with van der Waals surface area (Å²) in [6.45, 7) is 9.56. The molecule has 1 saturated carbocycles. The van der Waals surface area contributed by atoms with E-state index in [1.54, 1.807) is 46.0 Å². The molecule has 1 aliphatic carbocycles. The fraction of sp³-hybridized carbons (Fsp3) is 0.562. The number of hydrogen-bond acceptors (Lipinski definition) is 5. The second-order valence-corrected chi connectivity index (χ2v) is 13.0. The van der Waals surface area contributed by atoms with Crippen LogP contribution in [0.2, 0.25) is 0 Å². The van der Waals surface area contributed by atoms with Gasteiger partial charge in [0.2, 0.25) is 0 Å². The second kappa shape index (κ2) is 10.8. The van der Waals surface area contributed by atoms with Crippen molar-refractivity contribution in [2.24, 2.45) is 5.41 Å². The Morgan fingerprint density at radius 1 is 0.878 bits per heavy atom. The van der Waals surface area contributed by atoms with Gasteiger partial charge in [-0.25, -0.2) is 13.6 Å². The third kappa shape index (κ3) is 6.76. The van der Waals surface area contributed by atoms with Gasteiger partial charge in [-0.15, -0.1) is 0 Å². The molecule has 2 aliphatic heterocycles. The van der Waals surface area contributed by atoms with Crippen molar-refractivity contribution in [1.29, 1.82) is 0 Å². The lowest BCUT2D eigenvalue weighted by Gasteiger charge is -2.36. The second-order valence-electron chi connectivity index (χ2n) is 13.0. The monoisotopic (exact) mass is 568 g/mol. The number of nitrogens with zero attached hydrogens (tertiary/aromatic N) is 3. The largest absolute Gasteiger partial charge is 0.443 e. The quantitative estimate of drug-likeness (QED) is 0.412. The van der Waals surface area contributed by atoms with Gasteiger partial charge in [-0.2, -0.15) is 0 Å². The van der Waals surface area contributed by atoms with E-state index < -0.39 is 17.6 Å². The molecule has 3 fully saturated rings. The van der Waals surface area contributed by atoms with Gasteiger partial charge in [0.05, 0.1) is 16.9 Å². The first kappa shape index (κ1) is 29.1. The van der Waals surface area contributed by atoms with Crippen molar-refractivity contribution < 1.29 is 23.1 Å². The molecule has 0 unspecified atom stereocenters. The van der Waals surface area contributed by atoms with Crippen LogP contribution < -0.4 is 20.0 Å². The molecule has 5 rings (SSSR count). The van der Waals surface area contributed by atoms with Crippen LogP contribution in [0.5, 0.6) is 0 Å². The van der Waals surface area contributed by atoms with Crippen LogP contribution in [0.25, 0.3) is 0 Å². The maximum Gasteiger partial charge on any atom is 0.414 e. The normalized spacial score (nSPS) is 19.6. The Morgan fingerprint density at radius 2 is 1.49 bits per heavy atom. The molecule has 2 amide bonds. The van der Waals surface area contributed by atoms with E-state index in [1.165, 1.54) is 17.7 Å². The molecular formula is C32H42F2N4O3. The van der Waals surface area contributed by atoms with Crippen molar-refractivity contribution >= 4 is 34.7 Å². The van der Waals surface area contributed by atoms with Gasteiger partial charge < -0.3 is 19.9 Å². The Balaban J connectivity index is 1.40. The van der Waals surface area contributed by atoms with Crippen LogP contribution in [0.15, 0.2) is 36.4 Å². The van der Waals surface area contributed by atoms with Gasteiger partial charge in [-0.1, -0.05) is 6.07 Å². The molecule has 1 spiro atoms. The van der Waals surface area contributed by atoms with E-state index in [9.17, 15) is 18.4 Å². The van der Waals surface area contributed by atoms with Gasteiger partial charge in [0.25, 0.3) is 11.8 Å². The number of carbonyl (C=O) groups is 2. The molecule has 41 heavy (non-hydrogen) atoms. The fourth-order valence-corrected chi connectivity index (χ4v) is 5.83. The molecule has 7 nitrogen and oxygen atoms in total. The zero-order valence-corrected chi connectivity index (χ0v) is 24.9. The predicted octanol–water partition coefficient (Wildman–Crippen LogP) is 7.23. The number of rotatable bonds is 5. The number of anilines is 4. The van der Waals surface area contributed by atoms with E-state index >= 15 is 0 Å². The summed E-state index contributed by atoms with van der Waals surface area (Å²) in [6.07, 6.45) is 3.86. The van der Waals surface area contributed by atoms with Crippen molar-refractivity contribution in [3.63, 3.8) is 0 Å². The minimum Gasteiger partial charge on any atom is -0.443 e. The Labute approximate surface area is 241 Å². The van der Waals surface area contributed by atoms with Gasteiger partial charge in [-0.05, 0) is 94.7 Å². The van der Waals surface area contributed by atoms with Gasteiger partial charge in [0.1, 0.15) is 5.60 Å². The first-order valence-electron chi connectivity index (χ1n) is 14.6. The maximum atomic E-state index is 14.0. The number of amides is 2. The highest BCUT2D eigenvalue weighted by Gasteiger charge is 2.44. The van der Waals surface area contributed by atoms with Crippen LogP contribution in [0.4, 0.5) is 36.3 Å². The van der Waals surface area contributed by atoms with E-state index in [0.29, 0.717) is 28.0 Å². The van der Waals surface area contributed by atoms with Crippen molar-refractivity contribution in [3.05, 3.63) is 47.5 Å². The maximum absolute atomic E-state index is 14.0. The zero-order chi connectivity index (χ0) is 29.6. The number of carbonyl (C=O) groups excluding carboxylic acids is 2. The number of ether oxygens (including phenoxy) is 1. The smallest absolute Gasteiger partial charge is 0.414 e. The summed E-state index contributed by atoms with van der Waals surface area (Å²) in [5.74, 6) is -2.94. The van der Waals surface area contributed by atoms with Crippen LogP contribution in [0.1, 0.15) is 75.2 Å². The van der Waals surface area contributed by atoms with E-state index in [2.05, 4.69) is 16.3 Å².